The largest absolute Gasteiger partial charge is 0.494 e. The lowest BCUT2D eigenvalue weighted by atomic mass is 10.1. The Bertz CT molecular complexity index is 1040. The van der Waals surface area contributed by atoms with Crippen molar-refractivity contribution in [1.29, 1.82) is 0 Å². The first kappa shape index (κ1) is 20.2. The maximum atomic E-state index is 12.6. The first-order valence-corrected chi connectivity index (χ1v) is 9.10. The van der Waals surface area contributed by atoms with Crippen molar-refractivity contribution in [2.75, 3.05) is 11.9 Å². The number of hydrogen-bond acceptors (Lipinski definition) is 5. The van der Waals surface area contributed by atoms with Gasteiger partial charge in [-0.2, -0.15) is 0 Å². The van der Waals surface area contributed by atoms with Gasteiger partial charge in [-0.3, -0.25) is 14.9 Å². The summed E-state index contributed by atoms with van der Waals surface area (Å²) < 4.78 is 11.2. The van der Waals surface area contributed by atoms with Crippen molar-refractivity contribution in [1.82, 2.24) is 0 Å². The molecule has 3 aromatic carbocycles. The molecule has 0 saturated heterocycles. The van der Waals surface area contributed by atoms with Crippen LogP contribution >= 0.6 is 11.6 Å². The summed E-state index contributed by atoms with van der Waals surface area (Å²) in [6, 6.07) is 17.7. The van der Waals surface area contributed by atoms with Crippen LogP contribution in [0.5, 0.6) is 17.2 Å². The lowest BCUT2D eigenvalue weighted by Gasteiger charge is -2.13. The molecule has 0 radical (unpaired) electrons. The third-order valence-electron chi connectivity index (χ3n) is 3.90. The zero-order valence-corrected chi connectivity index (χ0v) is 16.2. The van der Waals surface area contributed by atoms with Crippen LogP contribution in [0.3, 0.4) is 0 Å². The molecule has 29 heavy (non-hydrogen) atoms. The predicted octanol–water partition coefficient (Wildman–Crippen LogP) is 5.69. The second kappa shape index (κ2) is 9.07. The molecular weight excluding hydrogens is 396 g/mol. The summed E-state index contributed by atoms with van der Waals surface area (Å²) in [7, 11) is 0. The minimum Gasteiger partial charge on any atom is -0.494 e. The van der Waals surface area contributed by atoms with Crippen molar-refractivity contribution in [3.8, 4) is 17.2 Å². The second-order valence-corrected chi connectivity index (χ2v) is 6.31. The highest BCUT2D eigenvalue weighted by Crippen LogP contribution is 2.31. The lowest BCUT2D eigenvalue weighted by molar-refractivity contribution is -0.385. The van der Waals surface area contributed by atoms with Gasteiger partial charge in [0.25, 0.3) is 11.6 Å². The Hall–Kier alpha value is -3.58. The molecule has 8 heteroatoms. The number of nitrogens with one attached hydrogen (secondary N) is 1. The van der Waals surface area contributed by atoms with Crippen LogP contribution in [0.4, 0.5) is 11.4 Å². The first-order valence-electron chi connectivity index (χ1n) is 8.73. The Kier molecular flexibility index (Phi) is 6.31. The van der Waals surface area contributed by atoms with Crippen molar-refractivity contribution >= 4 is 28.9 Å². The first-order chi connectivity index (χ1) is 14.0. The van der Waals surface area contributed by atoms with E-state index in [0.717, 1.165) is 11.8 Å². The molecule has 148 valence electrons. The molecule has 0 aliphatic carbocycles. The van der Waals surface area contributed by atoms with Crippen molar-refractivity contribution < 1.29 is 19.2 Å². The van der Waals surface area contributed by atoms with Gasteiger partial charge in [-0.15, -0.1) is 0 Å². The van der Waals surface area contributed by atoms with Crippen molar-refractivity contribution in [2.24, 2.45) is 0 Å². The Labute approximate surface area is 172 Å². The highest BCUT2D eigenvalue weighted by atomic mass is 35.5. The highest BCUT2D eigenvalue weighted by molar-refractivity contribution is 6.31. The van der Waals surface area contributed by atoms with Gasteiger partial charge in [0.05, 0.1) is 17.2 Å². The number of nitro benzene ring substituents is 1. The van der Waals surface area contributed by atoms with Crippen molar-refractivity contribution in [2.45, 2.75) is 6.92 Å². The van der Waals surface area contributed by atoms with Gasteiger partial charge in [0.1, 0.15) is 17.1 Å². The molecule has 0 unspecified atom stereocenters. The molecule has 0 aliphatic rings. The normalized spacial score (nSPS) is 10.3. The molecule has 0 heterocycles. The summed E-state index contributed by atoms with van der Waals surface area (Å²) in [6.45, 7) is 2.46. The number of halogens is 1. The minimum atomic E-state index is -0.650. The number of hydrogen-bond donors (Lipinski definition) is 1. The molecule has 0 bridgehead atoms. The Morgan fingerprint density at radius 2 is 1.76 bits per heavy atom. The van der Waals surface area contributed by atoms with Crippen LogP contribution in [-0.4, -0.2) is 17.4 Å². The average molecular weight is 413 g/mol. The summed E-state index contributed by atoms with van der Waals surface area (Å²) in [5.41, 5.74) is -0.106. The maximum Gasteiger partial charge on any atom is 0.283 e. The van der Waals surface area contributed by atoms with E-state index in [0.29, 0.717) is 23.8 Å². The molecule has 0 saturated carbocycles. The van der Waals surface area contributed by atoms with Crippen LogP contribution in [0.1, 0.15) is 17.3 Å². The average Bonchev–Trinajstić information content (AvgIpc) is 2.71. The van der Waals surface area contributed by atoms with Gasteiger partial charge in [0, 0.05) is 11.1 Å². The minimum absolute atomic E-state index is 0.102. The van der Waals surface area contributed by atoms with E-state index in [1.165, 1.54) is 12.1 Å². The van der Waals surface area contributed by atoms with Gasteiger partial charge in [-0.05, 0) is 55.5 Å². The molecule has 1 amide bonds. The SMILES string of the molecule is CCOc1ccc(Oc2ccccc2NC(=O)c2ccc(Cl)cc2[N+](=O)[O-])cc1. The topological polar surface area (TPSA) is 90.7 Å². The van der Waals surface area contributed by atoms with Crippen LogP contribution in [0, 0.1) is 10.1 Å². The fourth-order valence-electron chi connectivity index (χ4n) is 2.59. The predicted molar refractivity (Wildman–Crippen MR) is 110 cm³/mol. The fraction of sp³-hybridized carbons (Fsp3) is 0.0952. The molecule has 7 nitrogen and oxygen atoms in total. The number of nitro groups is 1. The van der Waals surface area contributed by atoms with E-state index in [1.807, 2.05) is 6.92 Å². The number of nitrogens with zero attached hydrogens (tertiary/aromatic N) is 1. The molecule has 0 fully saturated rings. The van der Waals surface area contributed by atoms with Crippen molar-refractivity contribution in [3.05, 3.63) is 87.4 Å². The zero-order valence-electron chi connectivity index (χ0n) is 15.4. The number of para-hydroxylation sites is 2. The molecule has 1 N–H and O–H groups in total. The molecular formula is C21H17ClN2O5. The number of carbonyl (C=O) groups is 1. The summed E-state index contributed by atoms with van der Waals surface area (Å²) >= 11 is 5.81. The second-order valence-electron chi connectivity index (χ2n) is 5.88. The number of benzene rings is 3. The van der Waals surface area contributed by atoms with Crippen molar-refractivity contribution in [3.63, 3.8) is 0 Å². The molecule has 3 rings (SSSR count). The van der Waals surface area contributed by atoms with E-state index < -0.39 is 10.8 Å². The van der Waals surface area contributed by atoms with Crippen LogP contribution in [0.25, 0.3) is 0 Å². The number of amides is 1. The Morgan fingerprint density at radius 3 is 2.45 bits per heavy atom. The third kappa shape index (κ3) is 5.03. The number of rotatable bonds is 7. The molecule has 0 aromatic heterocycles. The number of carbonyl (C=O) groups excluding carboxylic acids is 1. The Balaban J connectivity index is 1.82. The summed E-state index contributed by atoms with van der Waals surface area (Å²) in [4.78, 5) is 23.2. The Morgan fingerprint density at radius 1 is 1.07 bits per heavy atom. The van der Waals surface area contributed by atoms with E-state index in [9.17, 15) is 14.9 Å². The summed E-state index contributed by atoms with van der Waals surface area (Å²) in [6.07, 6.45) is 0. The van der Waals surface area contributed by atoms with E-state index >= 15 is 0 Å². The third-order valence-corrected chi connectivity index (χ3v) is 4.13. The summed E-state index contributed by atoms with van der Waals surface area (Å²) in [5.74, 6) is 1.02. The molecule has 0 spiro atoms. The van der Waals surface area contributed by atoms with Crippen LogP contribution in [0.15, 0.2) is 66.7 Å². The van der Waals surface area contributed by atoms with Crippen LogP contribution in [-0.2, 0) is 0 Å². The standard InChI is InChI=1S/C21H17ClN2O5/c1-2-28-15-8-10-16(11-9-15)29-20-6-4-3-5-18(20)23-21(25)17-12-7-14(22)13-19(17)24(26)27/h3-13H,2H2,1H3,(H,23,25). The van der Waals surface area contributed by atoms with Gasteiger partial charge in [0.2, 0.25) is 0 Å². The maximum absolute atomic E-state index is 12.6. The quantitative estimate of drug-likeness (QED) is 0.397. The van der Waals surface area contributed by atoms with Crippen LogP contribution in [0.2, 0.25) is 5.02 Å². The van der Waals surface area contributed by atoms with E-state index in [1.54, 1.807) is 48.5 Å². The smallest absolute Gasteiger partial charge is 0.283 e. The lowest BCUT2D eigenvalue weighted by Crippen LogP contribution is -2.14. The molecule has 0 aliphatic heterocycles. The highest BCUT2D eigenvalue weighted by Gasteiger charge is 2.21. The van der Waals surface area contributed by atoms with Gasteiger partial charge in [-0.25, -0.2) is 0 Å². The number of anilines is 1. The fourth-order valence-corrected chi connectivity index (χ4v) is 2.76. The van der Waals surface area contributed by atoms with Gasteiger partial charge >= 0.3 is 0 Å². The molecule has 0 atom stereocenters. The number of ether oxygens (including phenoxy) is 2. The van der Waals surface area contributed by atoms with Crippen LogP contribution < -0.4 is 14.8 Å². The van der Waals surface area contributed by atoms with E-state index in [4.69, 9.17) is 21.1 Å². The van der Waals surface area contributed by atoms with E-state index in [2.05, 4.69) is 5.32 Å². The monoisotopic (exact) mass is 412 g/mol. The van der Waals surface area contributed by atoms with E-state index in [-0.39, 0.29) is 16.3 Å². The summed E-state index contributed by atoms with van der Waals surface area (Å²) in [5, 5.41) is 14.1. The zero-order chi connectivity index (χ0) is 20.8. The van der Waals surface area contributed by atoms with Gasteiger partial charge < -0.3 is 14.8 Å². The van der Waals surface area contributed by atoms with Gasteiger partial charge in [0.15, 0.2) is 5.75 Å². The molecule has 3 aromatic rings. The van der Waals surface area contributed by atoms with Gasteiger partial charge in [-0.1, -0.05) is 23.7 Å².